The molecule has 2 saturated carbocycles. The lowest BCUT2D eigenvalue weighted by atomic mass is 9.44. The maximum atomic E-state index is 16.6. The second-order valence-electron chi connectivity index (χ2n) is 22.7. The highest BCUT2D eigenvalue weighted by Gasteiger charge is 2.79. The van der Waals surface area contributed by atoms with E-state index in [9.17, 15) is 24.3 Å². The number of amides is 1. The number of Topliss-reactive ketones (excluding diaryl/α,β-unsaturated/α-hetero) is 1. The van der Waals surface area contributed by atoms with Crippen molar-refractivity contribution < 1.29 is 71.1 Å². The number of alkyl carbamates (subject to hydrolysis) is 1. The van der Waals surface area contributed by atoms with Gasteiger partial charge in [0, 0.05) is 25.2 Å². The number of carbonyl (C=O) groups excluding carboxylic acids is 6. The molecule has 75 heavy (non-hydrogen) atoms. The topological polar surface area (TPSA) is 209 Å². The summed E-state index contributed by atoms with van der Waals surface area (Å²) in [5.74, 6) is -4.35. The summed E-state index contributed by atoms with van der Waals surface area (Å²) in [6.07, 6.45) is -8.50. The molecule has 4 aliphatic rings. The molecule has 0 radical (unpaired) electrons. The van der Waals surface area contributed by atoms with Crippen LogP contribution in [0.5, 0.6) is 0 Å². The summed E-state index contributed by atoms with van der Waals surface area (Å²) in [6.45, 7) is 24.8. The Hall–Kier alpha value is -4.57. The third-order valence-electron chi connectivity index (χ3n) is 17.5. The molecule has 3 fully saturated rings. The minimum absolute atomic E-state index is 0.111. The van der Waals surface area contributed by atoms with E-state index in [1.165, 1.54) is 6.92 Å². The van der Waals surface area contributed by atoms with Crippen molar-refractivity contribution in [2.75, 3.05) is 13.2 Å². The summed E-state index contributed by atoms with van der Waals surface area (Å²) in [6, 6.07) is 20.0. The third-order valence-corrected chi connectivity index (χ3v) is 26.7. The van der Waals surface area contributed by atoms with Gasteiger partial charge >= 0.3 is 24.0 Å². The van der Waals surface area contributed by atoms with Gasteiger partial charge in [0.2, 0.25) is 0 Å². The number of nitrogens with one attached hydrogen (secondary N) is 1. The fourth-order valence-electron chi connectivity index (χ4n) is 12.6. The smallest absolute Gasteiger partial charge is 0.408 e. The summed E-state index contributed by atoms with van der Waals surface area (Å²) in [7, 11) is -5.39. The second-order valence-corrected chi connectivity index (χ2v) is 32.2. The van der Waals surface area contributed by atoms with Crippen LogP contribution in [0, 0.1) is 16.7 Å². The molecule has 1 aliphatic heterocycles. The summed E-state index contributed by atoms with van der Waals surface area (Å²) in [5.41, 5.74) is -6.98. The van der Waals surface area contributed by atoms with E-state index in [-0.39, 0.29) is 24.2 Å². The first-order valence-corrected chi connectivity index (χ1v) is 32.0. The number of aldehydes is 1. The van der Waals surface area contributed by atoms with Crippen molar-refractivity contribution in [1.82, 2.24) is 5.32 Å². The van der Waals surface area contributed by atoms with Crippen molar-refractivity contribution in [3.8, 4) is 0 Å². The van der Waals surface area contributed by atoms with Gasteiger partial charge in [-0.15, -0.1) is 0 Å². The van der Waals surface area contributed by atoms with Crippen LogP contribution in [0.4, 0.5) is 4.79 Å². The highest BCUT2D eigenvalue weighted by Crippen LogP contribution is 2.65. The zero-order chi connectivity index (χ0) is 55.5. The number of rotatable bonds is 21. The van der Waals surface area contributed by atoms with Crippen molar-refractivity contribution in [1.29, 1.82) is 0 Å². The Morgan fingerprint density at radius 2 is 1.44 bits per heavy atom. The van der Waals surface area contributed by atoms with E-state index in [0.29, 0.717) is 53.7 Å². The van der Waals surface area contributed by atoms with Gasteiger partial charge in [0.1, 0.15) is 48.5 Å². The maximum absolute atomic E-state index is 16.6. The zero-order valence-electron chi connectivity index (χ0n) is 46.7. The van der Waals surface area contributed by atoms with Gasteiger partial charge in [-0.25, -0.2) is 14.4 Å². The van der Waals surface area contributed by atoms with Crippen LogP contribution in [0.3, 0.4) is 0 Å². The molecule has 414 valence electrons. The number of ketones is 1. The Kier molecular flexibility index (Phi) is 18.4. The van der Waals surface area contributed by atoms with E-state index in [1.807, 2.05) is 26.8 Å². The van der Waals surface area contributed by atoms with Gasteiger partial charge in [-0.2, -0.15) is 0 Å². The molecule has 18 heteroatoms. The molecule has 6 rings (SSSR count). The summed E-state index contributed by atoms with van der Waals surface area (Å²) in [4.78, 5) is 86.9. The first-order valence-electron chi connectivity index (χ1n) is 27.0. The van der Waals surface area contributed by atoms with Crippen LogP contribution in [0.15, 0.2) is 71.8 Å². The molecule has 1 saturated heterocycles. The average Bonchev–Trinajstić information content (AvgIpc) is 3.37. The Bertz CT molecular complexity index is 2400. The van der Waals surface area contributed by atoms with Crippen molar-refractivity contribution in [2.24, 2.45) is 16.7 Å². The lowest BCUT2D eigenvalue weighted by molar-refractivity contribution is -0.344. The lowest BCUT2D eigenvalue weighted by Gasteiger charge is -2.68. The third kappa shape index (κ3) is 11.3. The molecule has 2 aromatic rings. The number of esters is 3. The predicted molar refractivity (Wildman–Crippen MR) is 286 cm³/mol. The van der Waals surface area contributed by atoms with Crippen molar-refractivity contribution in [3.63, 3.8) is 0 Å². The molecule has 0 spiro atoms. The number of fused-ring (bicyclic) bond motifs is 5. The maximum Gasteiger partial charge on any atom is 0.408 e. The number of carbonyl (C=O) groups is 6. The second kappa shape index (κ2) is 23.2. The minimum Gasteiger partial charge on any atom is -0.456 e. The molecule has 2 N–H and O–H groups in total. The first-order chi connectivity index (χ1) is 35.3. The highest BCUT2D eigenvalue weighted by molar-refractivity contribution is 6.74. The van der Waals surface area contributed by atoms with Crippen LogP contribution >= 0.6 is 0 Å². The van der Waals surface area contributed by atoms with Gasteiger partial charge in [0.25, 0.3) is 0 Å². The molecular weight excluding hydrogens is 995 g/mol. The molecule has 2 aromatic carbocycles. The average molecular weight is 1080 g/mol. The summed E-state index contributed by atoms with van der Waals surface area (Å²) >= 11 is 0. The quantitative estimate of drug-likeness (QED) is 0.0392. The normalized spacial score (nSPS) is 29.2. The van der Waals surface area contributed by atoms with E-state index in [0.717, 1.165) is 0 Å². The molecule has 0 aromatic heterocycles. The first kappa shape index (κ1) is 59.7. The monoisotopic (exact) mass is 1080 g/mol. The van der Waals surface area contributed by atoms with Crippen LogP contribution in [-0.4, -0.2) is 124 Å². The largest absolute Gasteiger partial charge is 0.456 e. The Morgan fingerprint density at radius 3 is 1.95 bits per heavy atom. The highest BCUT2D eigenvalue weighted by atomic mass is 28.4. The van der Waals surface area contributed by atoms with E-state index < -0.39 is 136 Å². The Balaban J connectivity index is 1.65. The number of hydrogen-bond acceptors (Lipinski definition) is 15. The standard InChI is InChI=1S/C57H83NO15Si2/c1-15-74(16-2,17-3)72-41-33-42-56(35-67-42,70-37(8)60)47-49(69-50(62)39-29-25-22-26-30-39)57(65)34-40(36(7)43(54(57,12)13)45(66-32-31-59)48(61)55(41,47)14)68-51(63)46(73-75(18-4,19-5)20-6)44(38-27-23-21-24-28-38)58-52(64)71-53(9,10)11/h21-31,40-42,44-47,49,65H,15-20,32-35H2,1-14H3,(H,58,64)/t40-,41-,42+,44-,45+,46+,47-,49-,55+,56-,57+/m0/s1. The molecule has 0 unspecified atom stereocenters. The van der Waals surface area contributed by atoms with Crippen LogP contribution in [0.1, 0.15) is 132 Å². The van der Waals surface area contributed by atoms with Crippen LogP contribution in [-0.2, 0) is 56.5 Å². The van der Waals surface area contributed by atoms with Crippen LogP contribution < -0.4 is 5.32 Å². The van der Waals surface area contributed by atoms with Crippen LogP contribution in [0.25, 0.3) is 0 Å². The van der Waals surface area contributed by atoms with Crippen LogP contribution in [0.2, 0.25) is 36.3 Å². The molecule has 3 aliphatic carbocycles. The molecule has 16 nitrogen and oxygen atoms in total. The van der Waals surface area contributed by atoms with Crippen molar-refractivity contribution >= 4 is 52.7 Å². The van der Waals surface area contributed by atoms with Crippen molar-refractivity contribution in [2.45, 2.75) is 206 Å². The molecule has 2 bridgehead atoms. The fourth-order valence-corrected chi connectivity index (χ4v) is 18.4. The number of ether oxygens (including phenoxy) is 6. The summed E-state index contributed by atoms with van der Waals surface area (Å²) in [5, 5.41) is 17.3. The molecule has 1 heterocycles. The van der Waals surface area contributed by atoms with Gasteiger partial charge in [-0.1, -0.05) is 104 Å². The minimum atomic E-state index is -2.75. The van der Waals surface area contributed by atoms with E-state index in [1.54, 1.807) is 103 Å². The fraction of sp³-hybridized carbons (Fsp3) is 0.649. The van der Waals surface area contributed by atoms with Crippen molar-refractivity contribution in [3.05, 3.63) is 82.9 Å². The van der Waals surface area contributed by atoms with E-state index in [2.05, 4.69) is 26.1 Å². The predicted octanol–water partition coefficient (Wildman–Crippen LogP) is 9.54. The molecular formula is C57H83NO15Si2. The Morgan fingerprint density at radius 1 is 0.867 bits per heavy atom. The zero-order valence-corrected chi connectivity index (χ0v) is 48.7. The lowest BCUT2D eigenvalue weighted by Crippen LogP contribution is -2.82. The van der Waals surface area contributed by atoms with Gasteiger partial charge < -0.3 is 52.5 Å². The number of benzene rings is 2. The van der Waals surface area contributed by atoms with Gasteiger partial charge in [-0.3, -0.25) is 9.59 Å². The Labute approximate surface area is 445 Å². The number of hydrogen-bond donors (Lipinski definition) is 2. The van der Waals surface area contributed by atoms with E-state index >= 15 is 9.59 Å². The SMILES string of the molecule is CC[Si](CC)(CC)O[C@H]1C[C@H]2OC[C@@]2(OC(C)=O)[C@H]2[C@H](OC(=O)c3ccccc3)[C@]3(O)C[C@H](OC(=O)[C@H](O[Si](CC)(CC)CC)[C@@H](NC(=O)OC(C)(C)C)c4ccccc4)C(C)=C([C@@H](OCC=O)C(=O)[C@]12C)C3(C)C. The van der Waals surface area contributed by atoms with E-state index in [4.69, 9.17) is 37.3 Å². The van der Waals surface area contributed by atoms with Gasteiger partial charge in [0.15, 0.2) is 34.1 Å². The molecule has 1 amide bonds. The summed E-state index contributed by atoms with van der Waals surface area (Å²) < 4.78 is 53.0. The number of aliphatic hydroxyl groups is 1. The molecule has 11 atom stereocenters. The van der Waals surface area contributed by atoms with Gasteiger partial charge in [0.05, 0.1) is 35.6 Å². The van der Waals surface area contributed by atoms with Gasteiger partial charge in [-0.05, 0) is 99.7 Å².